The predicted octanol–water partition coefficient (Wildman–Crippen LogP) is 0.898. The molecular formula is C10H10O3. The van der Waals surface area contributed by atoms with Crippen LogP contribution in [0.2, 0.25) is 0 Å². The number of allylic oxidation sites excluding steroid dienone is 2. The van der Waals surface area contributed by atoms with Crippen molar-refractivity contribution < 1.29 is 14.3 Å². The van der Waals surface area contributed by atoms with Crippen LogP contribution in [-0.4, -0.2) is 11.9 Å². The molecule has 4 atom stereocenters. The molecule has 0 aromatic heterocycles. The smallest absolute Gasteiger partial charge is 0.320 e. The van der Waals surface area contributed by atoms with E-state index in [0.29, 0.717) is 0 Å². The van der Waals surface area contributed by atoms with Crippen LogP contribution < -0.4 is 0 Å². The first kappa shape index (κ1) is 7.30. The molecule has 68 valence electrons. The maximum atomic E-state index is 11.5. The lowest BCUT2D eigenvalue weighted by Gasteiger charge is -2.25. The van der Waals surface area contributed by atoms with Gasteiger partial charge in [0.15, 0.2) is 0 Å². The van der Waals surface area contributed by atoms with E-state index in [2.05, 4.69) is 12.2 Å². The maximum Gasteiger partial charge on any atom is 0.320 e. The molecule has 3 aliphatic rings. The van der Waals surface area contributed by atoms with Gasteiger partial charge < -0.3 is 4.74 Å². The van der Waals surface area contributed by atoms with Crippen LogP contribution in [0.1, 0.15) is 13.3 Å². The highest BCUT2D eigenvalue weighted by molar-refractivity contribution is 6.00. The quantitative estimate of drug-likeness (QED) is 0.314. The predicted molar refractivity (Wildman–Crippen MR) is 43.4 cm³/mol. The highest BCUT2D eigenvalue weighted by Gasteiger charge is 2.66. The Balaban J connectivity index is 2.17. The van der Waals surface area contributed by atoms with Crippen LogP contribution in [-0.2, 0) is 14.3 Å². The summed E-state index contributed by atoms with van der Waals surface area (Å²) in [7, 11) is 0. The van der Waals surface area contributed by atoms with E-state index in [4.69, 9.17) is 4.74 Å². The molecule has 3 rings (SSSR count). The highest BCUT2D eigenvalue weighted by Crippen LogP contribution is 2.59. The molecule has 2 bridgehead atoms. The number of carbonyl (C=O) groups is 2. The van der Waals surface area contributed by atoms with E-state index in [1.54, 1.807) is 0 Å². The molecule has 1 saturated heterocycles. The fourth-order valence-electron chi connectivity index (χ4n) is 3.06. The summed E-state index contributed by atoms with van der Waals surface area (Å²) < 4.78 is 4.69. The van der Waals surface area contributed by atoms with Gasteiger partial charge in [0.25, 0.3) is 0 Å². The number of ether oxygens (including phenoxy) is 1. The van der Waals surface area contributed by atoms with Crippen molar-refractivity contribution in [3.63, 3.8) is 0 Å². The van der Waals surface area contributed by atoms with E-state index < -0.39 is 5.41 Å². The Morgan fingerprint density at radius 2 is 2.23 bits per heavy atom. The second-order valence-corrected chi connectivity index (χ2v) is 4.36. The van der Waals surface area contributed by atoms with Crippen LogP contribution >= 0.6 is 0 Å². The van der Waals surface area contributed by atoms with Crippen molar-refractivity contribution in [2.45, 2.75) is 13.3 Å². The fraction of sp³-hybridized carbons (Fsp3) is 0.600. The van der Waals surface area contributed by atoms with Crippen LogP contribution in [0.3, 0.4) is 0 Å². The summed E-state index contributed by atoms with van der Waals surface area (Å²) in [5.74, 6) is -0.367. The molecule has 0 aromatic carbocycles. The van der Waals surface area contributed by atoms with Gasteiger partial charge in [-0.2, -0.15) is 0 Å². The van der Waals surface area contributed by atoms with Crippen LogP contribution in [0.4, 0.5) is 0 Å². The lowest BCUT2D eigenvalue weighted by molar-refractivity contribution is -0.156. The van der Waals surface area contributed by atoms with Gasteiger partial charge in [-0.05, 0) is 25.2 Å². The third kappa shape index (κ3) is 0.598. The molecule has 0 aromatic rings. The summed E-state index contributed by atoms with van der Waals surface area (Å²) in [6.45, 7) is 1.86. The third-order valence-corrected chi connectivity index (χ3v) is 3.85. The van der Waals surface area contributed by atoms with Gasteiger partial charge >= 0.3 is 11.9 Å². The molecule has 1 aliphatic heterocycles. The topological polar surface area (TPSA) is 43.4 Å². The van der Waals surface area contributed by atoms with Crippen LogP contribution in [0, 0.1) is 23.2 Å². The lowest BCUT2D eigenvalue weighted by atomic mass is 9.72. The first-order valence-corrected chi connectivity index (χ1v) is 4.58. The Labute approximate surface area is 75.8 Å². The second kappa shape index (κ2) is 1.86. The molecule has 13 heavy (non-hydrogen) atoms. The van der Waals surface area contributed by atoms with Crippen LogP contribution in [0.15, 0.2) is 12.2 Å². The highest BCUT2D eigenvalue weighted by atomic mass is 16.6. The Bertz CT molecular complexity index is 344. The van der Waals surface area contributed by atoms with E-state index in [9.17, 15) is 9.59 Å². The van der Waals surface area contributed by atoms with E-state index in [1.165, 1.54) is 0 Å². The monoisotopic (exact) mass is 178 g/mol. The molecule has 3 heteroatoms. The summed E-state index contributed by atoms with van der Waals surface area (Å²) in [6.07, 6.45) is 5.06. The Morgan fingerprint density at radius 1 is 1.46 bits per heavy atom. The molecule has 2 aliphatic carbocycles. The fourth-order valence-corrected chi connectivity index (χ4v) is 3.06. The molecule has 1 heterocycles. The minimum absolute atomic E-state index is 0.199. The molecule has 0 radical (unpaired) electrons. The number of esters is 2. The van der Waals surface area contributed by atoms with Crippen molar-refractivity contribution in [2.75, 3.05) is 0 Å². The van der Waals surface area contributed by atoms with Gasteiger partial charge in [-0.3, -0.25) is 9.59 Å². The average molecular weight is 178 g/mol. The molecular weight excluding hydrogens is 168 g/mol. The first-order valence-electron chi connectivity index (χ1n) is 4.58. The molecule has 0 amide bonds. The molecule has 1 unspecified atom stereocenters. The second-order valence-electron chi connectivity index (χ2n) is 4.36. The number of carbonyl (C=O) groups excluding carboxylic acids is 2. The third-order valence-electron chi connectivity index (χ3n) is 3.85. The molecule has 2 fully saturated rings. The lowest BCUT2D eigenvalue weighted by Crippen LogP contribution is -2.34. The Kier molecular flexibility index (Phi) is 1.05. The number of hydrogen-bond acceptors (Lipinski definition) is 3. The van der Waals surface area contributed by atoms with Crippen molar-refractivity contribution in [1.82, 2.24) is 0 Å². The van der Waals surface area contributed by atoms with E-state index in [1.807, 2.05) is 6.92 Å². The van der Waals surface area contributed by atoms with Crippen molar-refractivity contribution >= 4 is 11.9 Å². The van der Waals surface area contributed by atoms with Crippen LogP contribution in [0.25, 0.3) is 0 Å². The van der Waals surface area contributed by atoms with Gasteiger partial charge in [-0.15, -0.1) is 0 Å². The van der Waals surface area contributed by atoms with Crippen molar-refractivity contribution in [3.8, 4) is 0 Å². The van der Waals surface area contributed by atoms with Gasteiger partial charge in [0.1, 0.15) is 0 Å². The van der Waals surface area contributed by atoms with E-state index in [0.717, 1.165) is 6.42 Å². The summed E-state index contributed by atoms with van der Waals surface area (Å²) in [6, 6.07) is 0. The zero-order valence-electron chi connectivity index (χ0n) is 7.32. The normalized spacial score (nSPS) is 51.3. The Morgan fingerprint density at radius 3 is 2.92 bits per heavy atom. The summed E-state index contributed by atoms with van der Waals surface area (Å²) in [4.78, 5) is 22.9. The number of cyclic esters (lactones) is 2. The number of fused-ring (bicyclic) bond motifs is 5. The van der Waals surface area contributed by atoms with Crippen LogP contribution in [0.5, 0.6) is 0 Å². The zero-order chi connectivity index (χ0) is 9.22. The van der Waals surface area contributed by atoms with E-state index >= 15 is 0 Å². The molecule has 0 N–H and O–H groups in total. The van der Waals surface area contributed by atoms with Gasteiger partial charge in [0.05, 0.1) is 11.3 Å². The minimum atomic E-state index is -0.545. The summed E-state index contributed by atoms with van der Waals surface area (Å²) in [5, 5.41) is 0. The molecule has 3 nitrogen and oxygen atoms in total. The zero-order valence-corrected chi connectivity index (χ0v) is 7.32. The largest absolute Gasteiger partial charge is 0.392 e. The van der Waals surface area contributed by atoms with Gasteiger partial charge in [-0.25, -0.2) is 0 Å². The number of rotatable bonds is 0. The average Bonchev–Trinajstić information content (AvgIpc) is 2.66. The van der Waals surface area contributed by atoms with Gasteiger partial charge in [-0.1, -0.05) is 12.2 Å². The van der Waals surface area contributed by atoms with Crippen molar-refractivity contribution in [3.05, 3.63) is 12.2 Å². The summed E-state index contributed by atoms with van der Waals surface area (Å²) >= 11 is 0. The minimum Gasteiger partial charge on any atom is -0.392 e. The SMILES string of the molecule is C[C@@]12C(=O)OC(=O)[C@H]1[C@H]1C=CC2C1. The van der Waals surface area contributed by atoms with Gasteiger partial charge in [0.2, 0.25) is 0 Å². The summed E-state index contributed by atoms with van der Waals surface area (Å²) in [5.41, 5.74) is -0.545. The first-order chi connectivity index (χ1) is 6.14. The Hall–Kier alpha value is -1.12. The van der Waals surface area contributed by atoms with Crippen molar-refractivity contribution in [1.29, 1.82) is 0 Å². The molecule has 1 saturated carbocycles. The van der Waals surface area contributed by atoms with E-state index in [-0.39, 0.29) is 29.7 Å². The molecule has 0 spiro atoms. The standard InChI is InChI=1S/C10H10O3/c1-10-6-3-2-5(4-6)7(10)8(11)13-9(10)12/h2-3,5-7H,4H2,1H3/t5-,6?,7+,10-/m0/s1. The van der Waals surface area contributed by atoms with Crippen molar-refractivity contribution in [2.24, 2.45) is 23.2 Å². The maximum absolute atomic E-state index is 11.5. The number of hydrogen-bond donors (Lipinski definition) is 0. The van der Waals surface area contributed by atoms with Gasteiger partial charge in [0, 0.05) is 0 Å².